The maximum absolute atomic E-state index is 13.0. The Labute approximate surface area is 660 Å². The average Bonchev–Trinajstić information content (AvgIpc) is 0.910. The number of esters is 3. The Balaban J connectivity index is 4.74. The fourth-order valence-corrected chi connectivity index (χ4v) is 11.9. The van der Waals surface area contributed by atoms with Crippen molar-refractivity contribution >= 4 is 33.6 Å². The molecule has 0 amide bonds. The zero-order valence-electron chi connectivity index (χ0n) is 67.4. The number of aliphatic hydroxyl groups excluding tert-OH is 2. The van der Waals surface area contributed by atoms with Crippen LogP contribution in [0.3, 0.4) is 0 Å². The van der Waals surface area contributed by atoms with Gasteiger partial charge in [-0.3, -0.25) is 32.5 Å². The summed E-state index contributed by atoms with van der Waals surface area (Å²) in [7, 11) is -9.84. The van der Waals surface area contributed by atoms with E-state index in [1.807, 2.05) is 0 Å². The van der Waals surface area contributed by atoms with Gasteiger partial charge in [0.15, 0.2) is 6.10 Å². The number of hydrogen-bond donors (Lipinski definition) is 4. The number of aliphatic hydroxyl groups is 2. The molecule has 0 saturated carbocycles. The van der Waals surface area contributed by atoms with Crippen molar-refractivity contribution < 1.29 is 75.8 Å². The number of rotatable bonds is 76. The van der Waals surface area contributed by atoms with E-state index in [4.69, 9.17) is 32.3 Å². The van der Waals surface area contributed by atoms with Crippen LogP contribution in [-0.2, 0) is 55.8 Å². The topological polar surface area (TPSA) is 231 Å². The number of hydrogen-bond acceptors (Lipinski definition) is 14. The lowest BCUT2D eigenvalue weighted by Gasteiger charge is -2.21. The number of phosphoric ester groups is 2. The van der Waals surface area contributed by atoms with E-state index in [0.29, 0.717) is 25.7 Å². The molecule has 0 aliphatic heterocycles. The van der Waals surface area contributed by atoms with Gasteiger partial charge in [-0.25, -0.2) is 9.13 Å². The minimum absolute atomic E-state index is 0.0369. The highest BCUT2D eigenvalue weighted by molar-refractivity contribution is 7.47. The molecule has 616 valence electrons. The van der Waals surface area contributed by atoms with Crippen molar-refractivity contribution in [3.63, 3.8) is 0 Å². The molecule has 0 fully saturated rings. The van der Waals surface area contributed by atoms with Crippen LogP contribution < -0.4 is 0 Å². The van der Waals surface area contributed by atoms with Gasteiger partial charge in [0.2, 0.25) is 0 Å². The normalized spacial score (nSPS) is 15.0. The number of carbonyl (C=O) groups excluding carboxylic acids is 3. The summed E-state index contributed by atoms with van der Waals surface area (Å²) in [6.45, 7) is 2.25. The third-order valence-corrected chi connectivity index (χ3v) is 18.4. The summed E-state index contributed by atoms with van der Waals surface area (Å²) in [5.41, 5.74) is 0. The maximum atomic E-state index is 13.0. The molecular weight excluding hydrogens is 1410 g/mol. The van der Waals surface area contributed by atoms with Gasteiger partial charge in [-0.15, -0.1) is 0 Å². The number of carbonyl (C=O) groups is 3. The van der Waals surface area contributed by atoms with E-state index < -0.39 is 91.5 Å². The predicted octanol–water partition coefficient (Wildman–Crippen LogP) is 24.9. The highest BCUT2D eigenvalue weighted by Crippen LogP contribution is 2.45. The number of allylic oxidation sites excluding steroid dienone is 34. The molecule has 0 aromatic carbocycles. The third kappa shape index (κ3) is 82.9. The molecule has 109 heavy (non-hydrogen) atoms. The fraction of sp³-hybridized carbons (Fsp3) is 0.593. The molecule has 0 aliphatic rings. The second-order valence-electron chi connectivity index (χ2n) is 26.8. The molecule has 0 aliphatic carbocycles. The molecule has 0 radical (unpaired) electrons. The van der Waals surface area contributed by atoms with Crippen molar-refractivity contribution in [2.24, 2.45) is 0 Å². The van der Waals surface area contributed by atoms with E-state index in [1.54, 1.807) is 0 Å². The van der Waals surface area contributed by atoms with Gasteiger partial charge in [-0.05, 0) is 167 Å². The first-order chi connectivity index (χ1) is 53.2. The zero-order valence-corrected chi connectivity index (χ0v) is 69.2. The number of phosphoric acid groups is 2. The smallest absolute Gasteiger partial charge is 0.463 e. The lowest BCUT2D eigenvalue weighted by atomic mass is 10.0. The Bertz CT molecular complexity index is 2810. The minimum Gasteiger partial charge on any atom is -0.463 e. The van der Waals surface area contributed by atoms with E-state index in [-0.39, 0.29) is 19.3 Å². The minimum atomic E-state index is -4.96. The van der Waals surface area contributed by atoms with Gasteiger partial charge < -0.3 is 34.2 Å². The van der Waals surface area contributed by atoms with Crippen LogP contribution in [0.1, 0.15) is 290 Å². The molecule has 0 heterocycles. The quantitative estimate of drug-likeness (QED) is 0.0146. The van der Waals surface area contributed by atoms with Crippen LogP contribution in [0.4, 0.5) is 0 Å². The van der Waals surface area contributed by atoms with Crippen LogP contribution in [0.15, 0.2) is 207 Å². The lowest BCUT2D eigenvalue weighted by molar-refractivity contribution is -0.161. The standard InChI is InChI=1S/C91H146O16P2/c1-4-7-10-13-16-19-22-25-28-31-34-37-39-41-42-44-46-48-50-53-56-59-62-65-68-71-74-77-89(94)101-80-86(92)81-103-108(97,98)104-82-87(93)83-105-109(99,100)106-85-88(107-91(96)79-76-73-70-67-64-61-58-55-52-47-36-33-30-27-24-21-18-15-12-9-6-3)84-102-90(95)78-75-72-69-66-63-60-57-54-51-49-45-43-40-38-35-32-29-26-23-20-17-14-11-8-5-2/h7-12,16-21,25-30,34-38,41-43,45,47,51,54-55,58,64,67,86-88,92-93H,4-6,13-15,22-24,31-33,39-40,44,46,48-50,52-53,56-57,59-63,65-66,68-85H2,1-3H3,(H,97,98)(H,99,100)/b10-7-,11-8-,12-9-,19-16-,20-17-,21-18-,28-25-,29-26-,30-27-,37-34-,38-35-,42-41-,45-43-,47-36-,54-51-,58-55-,67-64-. The van der Waals surface area contributed by atoms with E-state index in [1.165, 1.54) is 38.5 Å². The first-order valence-electron chi connectivity index (χ1n) is 41.4. The molecule has 16 nitrogen and oxygen atoms in total. The van der Waals surface area contributed by atoms with E-state index >= 15 is 0 Å². The second-order valence-corrected chi connectivity index (χ2v) is 29.7. The van der Waals surface area contributed by atoms with Crippen LogP contribution in [0.2, 0.25) is 0 Å². The molecule has 5 atom stereocenters. The van der Waals surface area contributed by atoms with E-state index in [2.05, 4.69) is 227 Å². The van der Waals surface area contributed by atoms with Crippen LogP contribution in [0.5, 0.6) is 0 Å². The van der Waals surface area contributed by atoms with Gasteiger partial charge in [0, 0.05) is 19.3 Å². The van der Waals surface area contributed by atoms with Crippen LogP contribution in [0.25, 0.3) is 0 Å². The Hall–Kier alpha value is -5.87. The molecule has 18 heteroatoms. The summed E-state index contributed by atoms with van der Waals surface area (Å²) in [5.74, 6) is -1.66. The molecule has 4 N–H and O–H groups in total. The van der Waals surface area contributed by atoms with Crippen molar-refractivity contribution in [2.45, 2.75) is 309 Å². The molecule has 0 bridgehead atoms. The highest BCUT2D eigenvalue weighted by Gasteiger charge is 2.29. The Morgan fingerprint density at radius 3 is 0.743 bits per heavy atom. The largest absolute Gasteiger partial charge is 0.472 e. The average molecular weight is 1560 g/mol. The summed E-state index contributed by atoms with van der Waals surface area (Å²) in [5, 5.41) is 20.7. The second kappa shape index (κ2) is 81.6. The molecule has 0 spiro atoms. The molecule has 0 aromatic heterocycles. The molecule has 5 unspecified atom stereocenters. The van der Waals surface area contributed by atoms with Crippen molar-refractivity contribution in [2.75, 3.05) is 39.6 Å². The van der Waals surface area contributed by atoms with Crippen LogP contribution >= 0.6 is 15.6 Å². The maximum Gasteiger partial charge on any atom is 0.472 e. The highest BCUT2D eigenvalue weighted by atomic mass is 31.2. The summed E-state index contributed by atoms with van der Waals surface area (Å²) in [6, 6.07) is 0. The van der Waals surface area contributed by atoms with Crippen molar-refractivity contribution in [3.05, 3.63) is 207 Å². The van der Waals surface area contributed by atoms with Gasteiger partial charge in [-0.1, -0.05) is 311 Å². The summed E-state index contributed by atoms with van der Waals surface area (Å²) >= 11 is 0. The Morgan fingerprint density at radius 1 is 0.257 bits per heavy atom. The van der Waals surface area contributed by atoms with Gasteiger partial charge in [-0.2, -0.15) is 0 Å². The number of unbranched alkanes of at least 4 members (excludes halogenated alkanes) is 19. The summed E-state index contributed by atoms with van der Waals surface area (Å²) < 4.78 is 61.2. The zero-order chi connectivity index (χ0) is 79.4. The predicted molar refractivity (Wildman–Crippen MR) is 454 cm³/mol. The Morgan fingerprint density at radius 2 is 0.459 bits per heavy atom. The lowest BCUT2D eigenvalue weighted by Crippen LogP contribution is -2.30. The van der Waals surface area contributed by atoms with E-state index in [9.17, 15) is 43.5 Å². The van der Waals surface area contributed by atoms with Crippen molar-refractivity contribution in [1.82, 2.24) is 0 Å². The van der Waals surface area contributed by atoms with E-state index in [0.717, 1.165) is 186 Å². The van der Waals surface area contributed by atoms with Crippen molar-refractivity contribution in [3.8, 4) is 0 Å². The fourth-order valence-electron chi connectivity index (χ4n) is 10.3. The summed E-state index contributed by atoms with van der Waals surface area (Å²) in [6.07, 6.45) is 109. The summed E-state index contributed by atoms with van der Waals surface area (Å²) in [4.78, 5) is 58.8. The van der Waals surface area contributed by atoms with Crippen LogP contribution in [0, 0.1) is 0 Å². The van der Waals surface area contributed by atoms with Gasteiger partial charge in [0.05, 0.1) is 26.4 Å². The first kappa shape index (κ1) is 103. The molecule has 0 saturated heterocycles. The molecule has 0 rings (SSSR count). The van der Waals surface area contributed by atoms with Crippen molar-refractivity contribution in [1.29, 1.82) is 0 Å². The molecular formula is C91H146O16P2. The monoisotopic (exact) mass is 1560 g/mol. The van der Waals surface area contributed by atoms with Gasteiger partial charge in [0.25, 0.3) is 0 Å². The number of ether oxygens (including phenoxy) is 3. The molecule has 0 aromatic rings. The van der Waals surface area contributed by atoms with Gasteiger partial charge in [0.1, 0.15) is 25.4 Å². The van der Waals surface area contributed by atoms with Gasteiger partial charge >= 0.3 is 33.6 Å². The van der Waals surface area contributed by atoms with Crippen LogP contribution in [-0.4, -0.2) is 95.9 Å². The Kier molecular flexibility index (Phi) is 77.2. The SMILES string of the molecule is CC/C=C\C/C=C\C/C=C\C/C=C\C/C=C\C/C=C\CCCCCCCCC(=O)OCC(COP(=O)(O)OCC(O)COP(=O)(O)OCC(O)COC(=O)CCCCCCCCCCCCC/C=C\C/C=C\C/C=C\C/C=C\C/C=C\CC)OC(=O)CCCC/C=C\C/C=C\C/C=C\C/C=C\C/C=C\C/C=C\CC. The first-order valence-corrected chi connectivity index (χ1v) is 44.4. The third-order valence-electron chi connectivity index (χ3n) is 16.5.